The highest BCUT2D eigenvalue weighted by molar-refractivity contribution is 5.82. The molecule has 0 bridgehead atoms. The fourth-order valence-corrected chi connectivity index (χ4v) is 1.64. The van der Waals surface area contributed by atoms with Crippen LogP contribution < -0.4 is 11.1 Å². The maximum Gasteiger partial charge on any atom is 0.239 e. The van der Waals surface area contributed by atoms with Crippen molar-refractivity contribution in [1.29, 1.82) is 0 Å². The van der Waals surface area contributed by atoms with Crippen molar-refractivity contribution < 1.29 is 4.79 Å². The lowest BCUT2D eigenvalue weighted by Gasteiger charge is -2.23. The van der Waals surface area contributed by atoms with E-state index in [4.69, 9.17) is 5.73 Å². The first kappa shape index (κ1) is 8.19. The Morgan fingerprint density at radius 2 is 2.54 bits per heavy atom. The van der Waals surface area contributed by atoms with E-state index in [0.717, 1.165) is 24.1 Å². The molecule has 4 nitrogen and oxygen atoms in total. The highest BCUT2D eigenvalue weighted by Crippen LogP contribution is 2.20. The number of carbonyl (C=O) groups excluding carboxylic acids is 1. The van der Waals surface area contributed by atoms with Gasteiger partial charge in [0.2, 0.25) is 5.91 Å². The van der Waals surface area contributed by atoms with Gasteiger partial charge in [0.1, 0.15) is 6.04 Å². The summed E-state index contributed by atoms with van der Waals surface area (Å²) in [6.45, 7) is 0.784. The normalized spacial score (nSPS) is 20.8. The highest BCUT2D eigenvalue weighted by Gasteiger charge is 2.23. The van der Waals surface area contributed by atoms with E-state index in [-0.39, 0.29) is 11.9 Å². The lowest BCUT2D eigenvalue weighted by Crippen LogP contribution is -2.38. The Morgan fingerprint density at radius 1 is 1.69 bits per heavy atom. The van der Waals surface area contributed by atoms with E-state index in [0.29, 0.717) is 0 Å². The van der Waals surface area contributed by atoms with E-state index in [2.05, 4.69) is 10.3 Å². The van der Waals surface area contributed by atoms with Crippen LogP contribution in [0.1, 0.15) is 17.2 Å². The van der Waals surface area contributed by atoms with E-state index in [1.54, 1.807) is 12.4 Å². The van der Waals surface area contributed by atoms with Gasteiger partial charge in [-0.15, -0.1) is 0 Å². The van der Waals surface area contributed by atoms with E-state index in [1.807, 2.05) is 6.07 Å². The molecule has 0 aromatic carbocycles. The van der Waals surface area contributed by atoms with Gasteiger partial charge < -0.3 is 11.1 Å². The van der Waals surface area contributed by atoms with Crippen molar-refractivity contribution >= 4 is 5.91 Å². The summed E-state index contributed by atoms with van der Waals surface area (Å²) in [6, 6.07) is 1.50. The summed E-state index contributed by atoms with van der Waals surface area (Å²) in [6.07, 6.45) is 4.39. The molecule has 0 radical (unpaired) electrons. The molecule has 1 atom stereocenters. The quantitative estimate of drug-likeness (QED) is 0.621. The van der Waals surface area contributed by atoms with Crippen molar-refractivity contribution in [3.05, 3.63) is 29.6 Å². The predicted molar refractivity (Wildman–Crippen MR) is 47.9 cm³/mol. The number of nitrogens with zero attached hydrogens (tertiary/aromatic N) is 1. The van der Waals surface area contributed by atoms with Gasteiger partial charge in [0.15, 0.2) is 0 Å². The van der Waals surface area contributed by atoms with Crippen molar-refractivity contribution in [1.82, 2.24) is 10.3 Å². The largest absolute Gasteiger partial charge is 0.368 e. The molecule has 0 spiro atoms. The molecular weight excluding hydrogens is 166 g/mol. The van der Waals surface area contributed by atoms with Crippen LogP contribution in [0.3, 0.4) is 0 Å². The summed E-state index contributed by atoms with van der Waals surface area (Å²) < 4.78 is 0. The van der Waals surface area contributed by atoms with Crippen LogP contribution in [0.5, 0.6) is 0 Å². The Labute approximate surface area is 76.2 Å². The molecule has 4 heteroatoms. The third-order valence-corrected chi connectivity index (χ3v) is 2.28. The molecule has 1 aliphatic rings. The summed E-state index contributed by atoms with van der Waals surface area (Å²) in [5.41, 5.74) is 7.34. The van der Waals surface area contributed by atoms with Crippen molar-refractivity contribution in [2.45, 2.75) is 12.5 Å². The Morgan fingerprint density at radius 3 is 3.31 bits per heavy atom. The molecule has 0 saturated heterocycles. The fourth-order valence-electron chi connectivity index (χ4n) is 1.64. The van der Waals surface area contributed by atoms with Gasteiger partial charge in [0.25, 0.3) is 0 Å². The third-order valence-electron chi connectivity index (χ3n) is 2.28. The van der Waals surface area contributed by atoms with Crippen LogP contribution in [-0.2, 0) is 11.2 Å². The molecular formula is C9H11N3O. The predicted octanol–water partition coefficient (Wildman–Crippen LogP) is -0.246. The molecule has 13 heavy (non-hydrogen) atoms. The molecule has 0 fully saturated rings. The van der Waals surface area contributed by atoms with Crippen LogP contribution in [0.2, 0.25) is 0 Å². The molecule has 1 aromatic rings. The Kier molecular flexibility index (Phi) is 1.98. The van der Waals surface area contributed by atoms with E-state index in [9.17, 15) is 4.79 Å². The van der Waals surface area contributed by atoms with Crippen LogP contribution in [0.25, 0.3) is 0 Å². The number of carbonyl (C=O) groups is 1. The molecule has 68 valence electrons. The summed E-state index contributed by atoms with van der Waals surface area (Å²) in [5, 5.41) is 3.07. The number of primary amides is 1. The second kappa shape index (κ2) is 3.14. The number of aromatic nitrogens is 1. The number of pyridine rings is 1. The molecule has 1 unspecified atom stereocenters. The average Bonchev–Trinajstić information content (AvgIpc) is 2.17. The van der Waals surface area contributed by atoms with Gasteiger partial charge >= 0.3 is 0 Å². The van der Waals surface area contributed by atoms with Crippen LogP contribution in [0.15, 0.2) is 18.5 Å². The second-order valence-electron chi connectivity index (χ2n) is 3.11. The van der Waals surface area contributed by atoms with Crippen LogP contribution >= 0.6 is 0 Å². The van der Waals surface area contributed by atoms with Gasteiger partial charge in [-0.1, -0.05) is 0 Å². The summed E-state index contributed by atoms with van der Waals surface area (Å²) in [7, 11) is 0. The molecule has 1 aromatic heterocycles. The zero-order valence-electron chi connectivity index (χ0n) is 7.16. The number of rotatable bonds is 1. The van der Waals surface area contributed by atoms with Crippen LogP contribution in [0.4, 0.5) is 0 Å². The van der Waals surface area contributed by atoms with Crippen molar-refractivity contribution in [2.24, 2.45) is 5.73 Å². The molecule has 2 heterocycles. The Bertz CT molecular complexity index is 337. The first-order chi connectivity index (χ1) is 6.29. The zero-order valence-corrected chi connectivity index (χ0v) is 7.16. The number of hydrogen-bond donors (Lipinski definition) is 2. The van der Waals surface area contributed by atoms with Gasteiger partial charge in [-0.05, 0) is 23.6 Å². The van der Waals surface area contributed by atoms with E-state index in [1.165, 1.54) is 0 Å². The van der Waals surface area contributed by atoms with E-state index < -0.39 is 0 Å². The number of hydrogen-bond acceptors (Lipinski definition) is 3. The van der Waals surface area contributed by atoms with Gasteiger partial charge in [-0.3, -0.25) is 9.78 Å². The third kappa shape index (κ3) is 1.40. The Balaban J connectivity index is 2.42. The second-order valence-corrected chi connectivity index (χ2v) is 3.11. The summed E-state index contributed by atoms with van der Waals surface area (Å²) in [4.78, 5) is 15.1. The number of amides is 1. The lowest BCUT2D eigenvalue weighted by molar-refractivity contribution is -0.120. The SMILES string of the molecule is NC(=O)C1NCCc2cnccc21. The summed E-state index contributed by atoms with van der Waals surface area (Å²) >= 11 is 0. The first-order valence-electron chi connectivity index (χ1n) is 4.24. The van der Waals surface area contributed by atoms with Gasteiger partial charge in [-0.25, -0.2) is 0 Å². The van der Waals surface area contributed by atoms with Crippen molar-refractivity contribution in [2.75, 3.05) is 6.54 Å². The molecule has 0 aliphatic carbocycles. The van der Waals surface area contributed by atoms with Gasteiger partial charge in [-0.2, -0.15) is 0 Å². The Hall–Kier alpha value is -1.42. The zero-order chi connectivity index (χ0) is 9.26. The maximum absolute atomic E-state index is 11.1. The van der Waals surface area contributed by atoms with Gasteiger partial charge in [0, 0.05) is 18.9 Å². The van der Waals surface area contributed by atoms with E-state index >= 15 is 0 Å². The maximum atomic E-state index is 11.1. The van der Waals surface area contributed by atoms with Gasteiger partial charge in [0.05, 0.1) is 0 Å². The average molecular weight is 177 g/mol. The van der Waals surface area contributed by atoms with Crippen LogP contribution in [0, 0.1) is 0 Å². The summed E-state index contributed by atoms with van der Waals surface area (Å²) in [5.74, 6) is -0.327. The number of nitrogens with one attached hydrogen (secondary N) is 1. The molecule has 2 rings (SSSR count). The first-order valence-corrected chi connectivity index (χ1v) is 4.24. The van der Waals surface area contributed by atoms with Crippen molar-refractivity contribution in [3.63, 3.8) is 0 Å². The molecule has 1 amide bonds. The molecule has 3 N–H and O–H groups in total. The minimum atomic E-state index is -0.341. The highest BCUT2D eigenvalue weighted by atomic mass is 16.1. The number of nitrogens with two attached hydrogens (primary N) is 1. The van der Waals surface area contributed by atoms with Crippen molar-refractivity contribution in [3.8, 4) is 0 Å². The standard InChI is InChI=1S/C9H11N3O/c10-9(13)8-7-2-3-11-5-6(7)1-4-12-8/h2-3,5,8,12H,1,4H2,(H2,10,13). The monoisotopic (exact) mass is 177 g/mol. The minimum absolute atomic E-state index is 0.327. The lowest BCUT2D eigenvalue weighted by atomic mass is 9.96. The molecule has 1 aliphatic heterocycles. The van der Waals surface area contributed by atoms with Crippen LogP contribution in [-0.4, -0.2) is 17.4 Å². The fraction of sp³-hybridized carbons (Fsp3) is 0.333. The topological polar surface area (TPSA) is 68.0 Å². The minimum Gasteiger partial charge on any atom is -0.368 e. The molecule has 0 saturated carbocycles. The smallest absolute Gasteiger partial charge is 0.239 e. The number of fused-ring (bicyclic) bond motifs is 1.